The summed E-state index contributed by atoms with van der Waals surface area (Å²) in [6.07, 6.45) is 0. The number of benzene rings is 5. The first-order valence-electron chi connectivity index (χ1n) is 12.4. The van der Waals surface area contributed by atoms with Crippen LogP contribution in [0.25, 0.3) is 38.6 Å². The minimum atomic E-state index is -0.00682. The highest BCUT2D eigenvalue weighted by Gasteiger charge is 2.19. The molecule has 2 N–H and O–H groups in total. The Balaban J connectivity index is 1.48. The molecule has 0 radical (unpaired) electrons. The van der Waals surface area contributed by atoms with E-state index in [1.807, 2.05) is 91.9 Å². The fourth-order valence-electron chi connectivity index (χ4n) is 5.11. The fraction of sp³-hybridized carbons (Fsp3) is 0.0909. The standard InChI is InChI=1S/C33H27NO3/c1-22-17-28(27-13-4-7-16-32(27)37-21-24-10-8-9-23(19-24)20-35)33(36)31(18-22)34-29-14-5-2-11-25(29)26-12-3-6-15-30(26)34/h2-19,35-36H,20-21H2,1H3. The number of hydrogen-bond donors (Lipinski definition) is 2. The van der Waals surface area contributed by atoms with Crippen LogP contribution < -0.4 is 4.74 Å². The Morgan fingerprint density at radius 2 is 1.32 bits per heavy atom. The summed E-state index contributed by atoms with van der Waals surface area (Å²) >= 11 is 0. The molecule has 0 bridgehead atoms. The Labute approximate surface area is 215 Å². The van der Waals surface area contributed by atoms with Crippen molar-refractivity contribution in [2.75, 3.05) is 0 Å². The molecule has 37 heavy (non-hydrogen) atoms. The van der Waals surface area contributed by atoms with Gasteiger partial charge in [-0.3, -0.25) is 0 Å². The van der Waals surface area contributed by atoms with Gasteiger partial charge in [-0.25, -0.2) is 0 Å². The predicted octanol–water partition coefficient (Wildman–Crippen LogP) is 7.54. The zero-order chi connectivity index (χ0) is 25.4. The number of rotatable bonds is 6. The van der Waals surface area contributed by atoms with Crippen LogP contribution in [-0.4, -0.2) is 14.8 Å². The monoisotopic (exact) mass is 485 g/mol. The highest BCUT2D eigenvalue weighted by atomic mass is 16.5. The van der Waals surface area contributed by atoms with Gasteiger partial charge in [0.1, 0.15) is 18.1 Å². The maximum atomic E-state index is 11.7. The Hall–Kier alpha value is -4.54. The Morgan fingerprint density at radius 3 is 2.05 bits per heavy atom. The fourth-order valence-corrected chi connectivity index (χ4v) is 5.11. The average Bonchev–Trinajstić information content (AvgIpc) is 3.27. The van der Waals surface area contributed by atoms with Crippen molar-refractivity contribution in [3.63, 3.8) is 0 Å². The van der Waals surface area contributed by atoms with E-state index in [0.29, 0.717) is 12.4 Å². The van der Waals surface area contributed by atoms with Gasteiger partial charge in [-0.2, -0.15) is 0 Å². The smallest absolute Gasteiger partial charge is 0.147 e. The van der Waals surface area contributed by atoms with E-state index in [0.717, 1.165) is 55.3 Å². The third-order valence-corrected chi connectivity index (χ3v) is 6.80. The molecule has 0 fully saturated rings. The van der Waals surface area contributed by atoms with Gasteiger partial charge in [-0.1, -0.05) is 78.9 Å². The van der Waals surface area contributed by atoms with Crippen LogP contribution in [0.15, 0.2) is 109 Å². The molecule has 0 unspecified atom stereocenters. The summed E-state index contributed by atoms with van der Waals surface area (Å²) < 4.78 is 8.38. The highest BCUT2D eigenvalue weighted by molar-refractivity contribution is 6.09. The lowest BCUT2D eigenvalue weighted by molar-refractivity contribution is 0.280. The van der Waals surface area contributed by atoms with Crippen LogP contribution in [0.4, 0.5) is 0 Å². The molecular formula is C33H27NO3. The number of aliphatic hydroxyl groups is 1. The van der Waals surface area contributed by atoms with Crippen molar-refractivity contribution in [3.8, 4) is 28.3 Å². The van der Waals surface area contributed by atoms with Gasteiger partial charge in [0.05, 0.1) is 23.3 Å². The second-order valence-corrected chi connectivity index (χ2v) is 9.31. The van der Waals surface area contributed by atoms with E-state index < -0.39 is 0 Å². The Morgan fingerprint density at radius 1 is 0.676 bits per heavy atom. The quantitative estimate of drug-likeness (QED) is 0.256. The minimum absolute atomic E-state index is 0.00682. The zero-order valence-electron chi connectivity index (χ0n) is 20.6. The largest absolute Gasteiger partial charge is 0.505 e. The number of aliphatic hydroxyl groups excluding tert-OH is 1. The first-order chi connectivity index (χ1) is 18.1. The van der Waals surface area contributed by atoms with Crippen molar-refractivity contribution < 1.29 is 14.9 Å². The van der Waals surface area contributed by atoms with Crippen LogP contribution in [0, 0.1) is 6.92 Å². The third-order valence-electron chi connectivity index (χ3n) is 6.80. The minimum Gasteiger partial charge on any atom is -0.505 e. The molecule has 0 spiro atoms. The summed E-state index contributed by atoms with van der Waals surface area (Å²) in [5.41, 5.74) is 7.23. The van der Waals surface area contributed by atoms with Crippen molar-refractivity contribution in [1.82, 2.24) is 4.57 Å². The van der Waals surface area contributed by atoms with Crippen LogP contribution >= 0.6 is 0 Å². The second-order valence-electron chi connectivity index (χ2n) is 9.31. The molecule has 0 amide bonds. The molecule has 0 atom stereocenters. The molecule has 6 rings (SSSR count). The van der Waals surface area contributed by atoms with Crippen LogP contribution in [0.3, 0.4) is 0 Å². The summed E-state index contributed by atoms with van der Waals surface area (Å²) in [5.74, 6) is 0.890. The molecular weight excluding hydrogens is 458 g/mol. The maximum absolute atomic E-state index is 11.7. The normalized spacial score (nSPS) is 11.3. The predicted molar refractivity (Wildman–Crippen MR) is 149 cm³/mol. The van der Waals surface area contributed by atoms with E-state index in [2.05, 4.69) is 28.8 Å². The van der Waals surface area contributed by atoms with Crippen LogP contribution in [-0.2, 0) is 13.2 Å². The molecule has 6 aromatic rings. The topological polar surface area (TPSA) is 54.6 Å². The number of aryl methyl sites for hydroxylation is 1. The van der Waals surface area contributed by atoms with Gasteiger partial charge in [-0.05, 0) is 53.9 Å². The number of aromatic nitrogens is 1. The number of phenols is 1. The molecule has 0 saturated carbocycles. The van der Waals surface area contributed by atoms with Crippen molar-refractivity contribution in [2.45, 2.75) is 20.1 Å². The van der Waals surface area contributed by atoms with Crippen molar-refractivity contribution in [2.24, 2.45) is 0 Å². The van der Waals surface area contributed by atoms with E-state index in [1.165, 1.54) is 0 Å². The third kappa shape index (κ3) is 4.11. The molecule has 1 heterocycles. The van der Waals surface area contributed by atoms with Gasteiger partial charge in [0.25, 0.3) is 0 Å². The Kier molecular flexibility index (Phi) is 5.87. The van der Waals surface area contributed by atoms with Gasteiger partial charge >= 0.3 is 0 Å². The molecule has 5 aromatic carbocycles. The number of ether oxygens (including phenoxy) is 1. The zero-order valence-corrected chi connectivity index (χ0v) is 20.6. The summed E-state index contributed by atoms with van der Waals surface area (Å²) in [6, 6.07) is 36.1. The first kappa shape index (κ1) is 22.9. The van der Waals surface area contributed by atoms with Gasteiger partial charge in [0, 0.05) is 21.9 Å². The molecule has 0 saturated heterocycles. The lowest BCUT2D eigenvalue weighted by atomic mass is 9.99. The molecule has 1 aromatic heterocycles. The number of fused-ring (bicyclic) bond motifs is 3. The summed E-state index contributed by atoms with van der Waals surface area (Å²) in [7, 11) is 0. The van der Waals surface area contributed by atoms with Crippen molar-refractivity contribution in [1.29, 1.82) is 0 Å². The van der Waals surface area contributed by atoms with E-state index in [4.69, 9.17) is 4.74 Å². The van der Waals surface area contributed by atoms with Gasteiger partial charge in [-0.15, -0.1) is 0 Å². The van der Waals surface area contributed by atoms with E-state index in [1.54, 1.807) is 0 Å². The lowest BCUT2D eigenvalue weighted by Crippen LogP contribution is -2.00. The van der Waals surface area contributed by atoms with Gasteiger partial charge in [0.2, 0.25) is 0 Å². The van der Waals surface area contributed by atoms with E-state index in [9.17, 15) is 10.2 Å². The Bertz CT molecular complexity index is 1700. The summed E-state index contributed by atoms with van der Waals surface area (Å²) in [4.78, 5) is 0. The molecule has 0 aliphatic heterocycles. The highest BCUT2D eigenvalue weighted by Crippen LogP contribution is 2.43. The summed E-state index contributed by atoms with van der Waals surface area (Å²) in [6.45, 7) is 2.40. The molecule has 182 valence electrons. The molecule has 0 aliphatic rings. The van der Waals surface area contributed by atoms with E-state index >= 15 is 0 Å². The van der Waals surface area contributed by atoms with Crippen LogP contribution in [0.2, 0.25) is 0 Å². The van der Waals surface area contributed by atoms with Crippen LogP contribution in [0.1, 0.15) is 16.7 Å². The van der Waals surface area contributed by atoms with Crippen LogP contribution in [0.5, 0.6) is 11.5 Å². The van der Waals surface area contributed by atoms with Gasteiger partial charge < -0.3 is 19.5 Å². The van der Waals surface area contributed by atoms with Gasteiger partial charge in [0.15, 0.2) is 0 Å². The SMILES string of the molecule is Cc1cc(-c2ccccc2OCc2cccc(CO)c2)c(O)c(-n2c3ccccc3c3ccccc32)c1. The summed E-state index contributed by atoms with van der Waals surface area (Å²) in [5, 5.41) is 23.5. The molecule has 4 nitrogen and oxygen atoms in total. The van der Waals surface area contributed by atoms with Crippen molar-refractivity contribution >= 4 is 21.8 Å². The second kappa shape index (κ2) is 9.49. The number of aromatic hydroxyl groups is 1. The lowest BCUT2D eigenvalue weighted by Gasteiger charge is -2.17. The molecule has 0 aliphatic carbocycles. The number of phenolic OH excluding ortho intramolecular Hbond substituents is 1. The molecule has 4 heteroatoms. The average molecular weight is 486 g/mol. The maximum Gasteiger partial charge on any atom is 0.147 e. The van der Waals surface area contributed by atoms with E-state index in [-0.39, 0.29) is 12.4 Å². The number of nitrogens with zero attached hydrogens (tertiary/aromatic N) is 1. The first-order valence-corrected chi connectivity index (χ1v) is 12.4. The van der Waals surface area contributed by atoms with Crippen molar-refractivity contribution in [3.05, 3.63) is 126 Å². The number of para-hydroxylation sites is 3. The number of hydrogen-bond acceptors (Lipinski definition) is 3.